The van der Waals surface area contributed by atoms with E-state index in [1.54, 1.807) is 0 Å². The van der Waals surface area contributed by atoms with Crippen LogP contribution in [0.3, 0.4) is 0 Å². The number of hydrogen-bond donors (Lipinski definition) is 0. The number of benzene rings is 1. The quantitative estimate of drug-likeness (QED) is 0.532. The van der Waals surface area contributed by atoms with Crippen LogP contribution in [-0.2, 0) is 7.05 Å². The normalized spacial score (nSPS) is 7.21. The second-order valence-corrected chi connectivity index (χ2v) is 2.68. The van der Waals surface area contributed by atoms with E-state index in [0.717, 1.165) is 0 Å². The van der Waals surface area contributed by atoms with Gasteiger partial charge in [-0.3, -0.25) is 0 Å². The van der Waals surface area contributed by atoms with Crippen LogP contribution >= 0.6 is 0 Å². The summed E-state index contributed by atoms with van der Waals surface area (Å²) in [6, 6.07) is 12.5. The number of fused-ring (bicyclic) bond motifs is 1. The van der Waals surface area contributed by atoms with E-state index >= 15 is 0 Å². The van der Waals surface area contributed by atoms with Crippen molar-refractivity contribution in [3.8, 4) is 0 Å². The van der Waals surface area contributed by atoms with Gasteiger partial charge in [0.1, 0.15) is 7.05 Å². The molecule has 19 heavy (non-hydrogen) atoms. The SMILES string of the molecule is CC.CC.CC.CC.C[n+]1cccc2ccccc21. The first-order valence-electron chi connectivity index (χ1n) is 7.71. The van der Waals surface area contributed by atoms with Crippen LogP contribution in [0, 0.1) is 0 Å². The average Bonchev–Trinajstić information content (AvgIpc) is 2.56. The van der Waals surface area contributed by atoms with E-state index in [0.29, 0.717) is 0 Å². The van der Waals surface area contributed by atoms with Crippen molar-refractivity contribution in [3.63, 3.8) is 0 Å². The second-order valence-electron chi connectivity index (χ2n) is 2.68. The fourth-order valence-corrected chi connectivity index (χ4v) is 1.31. The van der Waals surface area contributed by atoms with E-state index in [-0.39, 0.29) is 0 Å². The first-order valence-corrected chi connectivity index (χ1v) is 7.71. The molecule has 1 aromatic carbocycles. The Bertz CT molecular complexity index is 375. The molecule has 1 nitrogen and oxygen atoms in total. The number of aromatic nitrogens is 1. The fourth-order valence-electron chi connectivity index (χ4n) is 1.31. The van der Waals surface area contributed by atoms with Crippen LogP contribution in [0.15, 0.2) is 42.6 Å². The zero-order valence-electron chi connectivity index (χ0n) is 14.5. The molecule has 0 atom stereocenters. The van der Waals surface area contributed by atoms with Crippen molar-refractivity contribution in [2.45, 2.75) is 55.4 Å². The fraction of sp³-hybridized carbons (Fsp3) is 0.500. The third-order valence-electron chi connectivity index (χ3n) is 1.90. The van der Waals surface area contributed by atoms with Crippen molar-refractivity contribution in [1.82, 2.24) is 0 Å². The van der Waals surface area contributed by atoms with Gasteiger partial charge in [-0.25, -0.2) is 4.57 Å². The molecular formula is C18H34N+. The van der Waals surface area contributed by atoms with Gasteiger partial charge in [-0.15, -0.1) is 0 Å². The second kappa shape index (κ2) is 19.0. The summed E-state index contributed by atoms with van der Waals surface area (Å²) in [4.78, 5) is 0. The van der Waals surface area contributed by atoms with E-state index in [1.807, 2.05) is 55.4 Å². The van der Waals surface area contributed by atoms with Crippen LogP contribution in [0.25, 0.3) is 10.9 Å². The van der Waals surface area contributed by atoms with Crippen LogP contribution in [0.1, 0.15) is 55.4 Å². The van der Waals surface area contributed by atoms with Crippen LogP contribution in [-0.4, -0.2) is 0 Å². The molecule has 0 unspecified atom stereocenters. The van der Waals surface area contributed by atoms with Gasteiger partial charge in [0.05, 0.1) is 0 Å². The van der Waals surface area contributed by atoms with Crippen LogP contribution in [0.2, 0.25) is 0 Å². The molecule has 0 radical (unpaired) electrons. The summed E-state index contributed by atoms with van der Waals surface area (Å²) in [7, 11) is 2.06. The summed E-state index contributed by atoms with van der Waals surface area (Å²) in [6.45, 7) is 16.0. The maximum Gasteiger partial charge on any atom is 0.212 e. The lowest BCUT2D eigenvalue weighted by molar-refractivity contribution is -0.644. The number of hydrogen-bond acceptors (Lipinski definition) is 0. The molecule has 2 aromatic rings. The predicted octanol–water partition coefficient (Wildman–Crippen LogP) is 5.77. The molecule has 0 aliphatic carbocycles. The van der Waals surface area contributed by atoms with Crippen molar-refractivity contribution >= 4 is 10.9 Å². The first-order chi connectivity index (χ1) is 9.38. The Morgan fingerprint density at radius 1 is 0.632 bits per heavy atom. The first kappa shape index (κ1) is 22.8. The molecule has 0 aliphatic heterocycles. The van der Waals surface area contributed by atoms with Crippen LogP contribution in [0.4, 0.5) is 0 Å². The zero-order valence-corrected chi connectivity index (χ0v) is 14.5. The van der Waals surface area contributed by atoms with Gasteiger partial charge < -0.3 is 0 Å². The Morgan fingerprint density at radius 2 is 1.05 bits per heavy atom. The highest BCUT2D eigenvalue weighted by Gasteiger charge is 1.99. The highest BCUT2D eigenvalue weighted by Crippen LogP contribution is 2.06. The van der Waals surface area contributed by atoms with Crippen LogP contribution in [0.5, 0.6) is 0 Å². The summed E-state index contributed by atoms with van der Waals surface area (Å²) in [6.07, 6.45) is 2.06. The molecule has 110 valence electrons. The lowest BCUT2D eigenvalue weighted by Gasteiger charge is -1.93. The summed E-state index contributed by atoms with van der Waals surface area (Å²) in [5.41, 5.74) is 1.27. The van der Waals surface area contributed by atoms with Crippen molar-refractivity contribution in [3.05, 3.63) is 42.6 Å². The Morgan fingerprint density at radius 3 is 1.53 bits per heavy atom. The molecule has 0 saturated carbocycles. The molecule has 0 bridgehead atoms. The van der Waals surface area contributed by atoms with Crippen molar-refractivity contribution in [1.29, 1.82) is 0 Å². The van der Waals surface area contributed by atoms with E-state index in [4.69, 9.17) is 0 Å². The number of nitrogens with zero attached hydrogens (tertiary/aromatic N) is 1. The average molecular weight is 264 g/mol. The number of para-hydroxylation sites is 1. The summed E-state index contributed by atoms with van der Waals surface area (Å²) in [5.74, 6) is 0. The Kier molecular flexibility index (Phi) is 22.8. The third kappa shape index (κ3) is 9.24. The minimum Gasteiger partial charge on any atom is -0.201 e. The lowest BCUT2D eigenvalue weighted by Crippen LogP contribution is -2.27. The topological polar surface area (TPSA) is 3.88 Å². The molecule has 1 heterocycles. The van der Waals surface area contributed by atoms with Gasteiger partial charge in [-0.05, 0) is 12.1 Å². The van der Waals surface area contributed by atoms with Gasteiger partial charge in [-0.2, -0.15) is 0 Å². The molecule has 0 fully saturated rings. The van der Waals surface area contributed by atoms with Gasteiger partial charge in [-0.1, -0.05) is 67.5 Å². The maximum atomic E-state index is 2.12. The molecule has 2 rings (SSSR count). The van der Waals surface area contributed by atoms with Gasteiger partial charge in [0.25, 0.3) is 0 Å². The summed E-state index contributed by atoms with van der Waals surface area (Å²) >= 11 is 0. The number of pyridine rings is 1. The highest BCUT2D eigenvalue weighted by atomic mass is 14.9. The monoisotopic (exact) mass is 264 g/mol. The Balaban J connectivity index is -0.000000278. The molecule has 0 spiro atoms. The predicted molar refractivity (Wildman–Crippen MR) is 90.5 cm³/mol. The van der Waals surface area contributed by atoms with Gasteiger partial charge in [0.2, 0.25) is 5.52 Å². The molecule has 0 N–H and O–H groups in total. The van der Waals surface area contributed by atoms with Crippen molar-refractivity contribution < 1.29 is 4.57 Å². The minimum atomic E-state index is 1.27. The van der Waals surface area contributed by atoms with Gasteiger partial charge >= 0.3 is 0 Å². The van der Waals surface area contributed by atoms with E-state index in [9.17, 15) is 0 Å². The van der Waals surface area contributed by atoms with Crippen molar-refractivity contribution in [2.24, 2.45) is 7.05 Å². The zero-order chi connectivity index (χ0) is 15.7. The minimum absolute atomic E-state index is 1.27. The molecule has 0 aliphatic rings. The maximum absolute atomic E-state index is 2.12. The van der Waals surface area contributed by atoms with Gasteiger partial charge in [0.15, 0.2) is 6.20 Å². The van der Waals surface area contributed by atoms with E-state index < -0.39 is 0 Å². The number of rotatable bonds is 0. The van der Waals surface area contributed by atoms with Crippen LogP contribution < -0.4 is 4.57 Å². The molecule has 1 aromatic heterocycles. The van der Waals surface area contributed by atoms with E-state index in [1.165, 1.54) is 10.9 Å². The number of aryl methyl sites for hydroxylation is 1. The Hall–Kier alpha value is -1.37. The lowest BCUT2D eigenvalue weighted by atomic mass is 10.2. The van der Waals surface area contributed by atoms with Crippen molar-refractivity contribution in [2.75, 3.05) is 0 Å². The molecule has 0 saturated heterocycles. The standard InChI is InChI=1S/C10H10N.4C2H6/c1-11-8-4-6-9-5-2-3-7-10(9)11;4*1-2/h2-8H,1H3;4*1-2H3/q+1;;;;. The largest absolute Gasteiger partial charge is 0.212 e. The molecular weight excluding hydrogens is 230 g/mol. The smallest absolute Gasteiger partial charge is 0.201 e. The van der Waals surface area contributed by atoms with E-state index in [2.05, 4.69) is 54.2 Å². The molecule has 1 heteroatoms. The Labute approximate surface area is 121 Å². The molecule has 0 amide bonds. The summed E-state index contributed by atoms with van der Waals surface area (Å²) < 4.78 is 2.12. The van der Waals surface area contributed by atoms with Gasteiger partial charge in [0, 0.05) is 17.5 Å². The highest BCUT2D eigenvalue weighted by molar-refractivity contribution is 5.74. The summed E-state index contributed by atoms with van der Waals surface area (Å²) in [5, 5.41) is 1.29. The third-order valence-corrected chi connectivity index (χ3v) is 1.90.